The van der Waals surface area contributed by atoms with Crippen LogP contribution in [0.5, 0.6) is 0 Å². The molecule has 5 nitrogen and oxygen atoms in total. The van der Waals surface area contributed by atoms with E-state index in [-0.39, 0.29) is 11.5 Å². The van der Waals surface area contributed by atoms with E-state index in [0.717, 1.165) is 38.5 Å². The summed E-state index contributed by atoms with van der Waals surface area (Å²) in [7, 11) is 0. The van der Waals surface area contributed by atoms with E-state index in [1.807, 2.05) is 0 Å². The Balaban J connectivity index is 1.48. The number of fused-ring (bicyclic) bond motifs is 1. The standard InChI is InChI=1S/C28H38N2O3/c1-2-3-4-5-6-7-8-9-10-11-12-13-14-15-16-17-18-19-20-21-27(31)30-23-22-26-25(24-30)28(32)29-33-26/h3-4,6-7,9-10,12-13,15-16,18-19H,2,5,8,11,14,17,20-24H2,1H3,(H,29,32)/b4-3-,7-6-,10-9-,13-12-,16-15-,19-18-. The second kappa shape index (κ2) is 16.5. The zero-order chi connectivity index (χ0) is 23.6. The Hall–Kier alpha value is -3.08. The van der Waals surface area contributed by atoms with Gasteiger partial charge in [-0.2, -0.15) is 5.16 Å². The Bertz CT molecular complexity index is 925. The summed E-state index contributed by atoms with van der Waals surface area (Å²) in [6, 6.07) is 0. The fourth-order valence-corrected chi connectivity index (χ4v) is 3.44. The van der Waals surface area contributed by atoms with Crippen molar-refractivity contribution in [3.63, 3.8) is 0 Å². The minimum Gasteiger partial charge on any atom is -0.383 e. The second-order valence-electron chi connectivity index (χ2n) is 7.95. The lowest BCUT2D eigenvalue weighted by atomic mass is 10.1. The predicted molar refractivity (Wildman–Crippen MR) is 136 cm³/mol. The van der Waals surface area contributed by atoms with Crippen molar-refractivity contribution in [3.8, 4) is 0 Å². The number of amides is 1. The van der Waals surface area contributed by atoms with Gasteiger partial charge in [0.2, 0.25) is 5.91 Å². The zero-order valence-corrected chi connectivity index (χ0v) is 19.9. The smallest absolute Gasteiger partial charge is 0.285 e. The average molecular weight is 451 g/mol. The lowest BCUT2D eigenvalue weighted by molar-refractivity contribution is -0.132. The Labute approximate surface area is 197 Å². The van der Waals surface area contributed by atoms with Gasteiger partial charge in [0.25, 0.3) is 5.56 Å². The Morgan fingerprint density at radius 1 is 0.848 bits per heavy atom. The molecule has 0 radical (unpaired) electrons. The maximum atomic E-state index is 12.3. The summed E-state index contributed by atoms with van der Waals surface area (Å²) in [6.45, 7) is 3.11. The Kier molecular flexibility index (Phi) is 13.1. The Morgan fingerprint density at radius 3 is 1.91 bits per heavy atom. The van der Waals surface area contributed by atoms with Crippen LogP contribution < -0.4 is 5.56 Å². The number of nitrogens with one attached hydrogen (secondary N) is 1. The molecule has 1 aromatic rings. The van der Waals surface area contributed by atoms with Crippen molar-refractivity contribution in [2.75, 3.05) is 6.54 Å². The number of carbonyl (C=O) groups excluding carboxylic acids is 1. The second-order valence-corrected chi connectivity index (χ2v) is 7.95. The van der Waals surface area contributed by atoms with Crippen LogP contribution in [0.15, 0.2) is 82.2 Å². The summed E-state index contributed by atoms with van der Waals surface area (Å²) in [5, 5.41) is 2.35. The molecule has 2 heterocycles. The molecule has 178 valence electrons. The molecule has 0 fully saturated rings. The molecule has 0 bridgehead atoms. The summed E-state index contributed by atoms with van der Waals surface area (Å²) in [6.07, 6.45) is 33.7. The molecule has 1 amide bonds. The van der Waals surface area contributed by atoms with E-state index in [2.05, 4.69) is 85.0 Å². The molecule has 0 saturated heterocycles. The van der Waals surface area contributed by atoms with Gasteiger partial charge in [-0.3, -0.25) is 9.59 Å². The number of aromatic nitrogens is 1. The van der Waals surface area contributed by atoms with Gasteiger partial charge in [0, 0.05) is 19.4 Å². The molecule has 0 unspecified atom stereocenters. The van der Waals surface area contributed by atoms with Crippen molar-refractivity contribution >= 4 is 5.91 Å². The molecule has 1 aromatic heterocycles. The molecule has 0 aromatic carbocycles. The summed E-state index contributed by atoms with van der Waals surface area (Å²) >= 11 is 0. The van der Waals surface area contributed by atoms with Crippen LogP contribution in [-0.4, -0.2) is 22.5 Å². The lowest BCUT2D eigenvalue weighted by Crippen LogP contribution is -2.37. The van der Waals surface area contributed by atoms with Gasteiger partial charge in [0.1, 0.15) is 5.76 Å². The predicted octanol–water partition coefficient (Wildman–Crippen LogP) is 6.33. The average Bonchev–Trinajstić information content (AvgIpc) is 3.20. The van der Waals surface area contributed by atoms with Crippen LogP contribution in [0.25, 0.3) is 0 Å². The normalized spacial score (nSPS) is 14.9. The van der Waals surface area contributed by atoms with Crippen molar-refractivity contribution in [2.24, 2.45) is 0 Å². The van der Waals surface area contributed by atoms with E-state index in [9.17, 15) is 9.59 Å². The van der Waals surface area contributed by atoms with E-state index in [1.165, 1.54) is 0 Å². The molecule has 0 aliphatic carbocycles. The van der Waals surface area contributed by atoms with Crippen molar-refractivity contribution in [1.82, 2.24) is 10.1 Å². The van der Waals surface area contributed by atoms with Crippen LogP contribution in [0, 0.1) is 0 Å². The summed E-state index contributed by atoms with van der Waals surface area (Å²) in [5.41, 5.74) is 0.364. The van der Waals surface area contributed by atoms with Gasteiger partial charge in [-0.15, -0.1) is 0 Å². The molecular formula is C28H38N2O3. The third-order valence-electron chi connectivity index (χ3n) is 5.31. The van der Waals surface area contributed by atoms with Crippen LogP contribution >= 0.6 is 0 Å². The summed E-state index contributed by atoms with van der Waals surface area (Å²) < 4.78 is 5.11. The molecule has 1 aliphatic heterocycles. The van der Waals surface area contributed by atoms with Crippen LogP contribution in [0.4, 0.5) is 0 Å². The van der Waals surface area contributed by atoms with E-state index in [0.29, 0.717) is 43.7 Å². The maximum absolute atomic E-state index is 12.3. The van der Waals surface area contributed by atoms with Crippen LogP contribution in [0.1, 0.15) is 69.6 Å². The first-order chi connectivity index (χ1) is 16.2. The molecule has 1 aliphatic rings. The number of hydrogen-bond acceptors (Lipinski definition) is 3. The van der Waals surface area contributed by atoms with E-state index >= 15 is 0 Å². The molecule has 33 heavy (non-hydrogen) atoms. The van der Waals surface area contributed by atoms with E-state index < -0.39 is 0 Å². The number of aromatic amines is 1. The molecule has 1 N–H and O–H groups in total. The fraction of sp³-hybridized carbons (Fsp3) is 0.429. The van der Waals surface area contributed by atoms with Gasteiger partial charge in [-0.05, 0) is 44.9 Å². The molecule has 0 spiro atoms. The number of allylic oxidation sites excluding steroid dienone is 12. The van der Waals surface area contributed by atoms with E-state index in [1.54, 1.807) is 4.90 Å². The molecular weight excluding hydrogens is 412 g/mol. The zero-order valence-electron chi connectivity index (χ0n) is 19.9. The highest BCUT2D eigenvalue weighted by Gasteiger charge is 2.25. The minimum absolute atomic E-state index is 0.0841. The lowest BCUT2D eigenvalue weighted by Gasteiger charge is -2.25. The van der Waals surface area contributed by atoms with Crippen molar-refractivity contribution < 1.29 is 9.32 Å². The number of carbonyl (C=O) groups is 1. The quantitative estimate of drug-likeness (QED) is 0.337. The van der Waals surface area contributed by atoms with Crippen LogP contribution in [0.2, 0.25) is 0 Å². The highest BCUT2D eigenvalue weighted by atomic mass is 16.5. The molecule has 5 heteroatoms. The number of hydrogen-bond donors (Lipinski definition) is 1. The minimum atomic E-state index is -0.223. The largest absolute Gasteiger partial charge is 0.383 e. The highest BCUT2D eigenvalue weighted by Crippen LogP contribution is 2.16. The fourth-order valence-electron chi connectivity index (χ4n) is 3.44. The first-order valence-corrected chi connectivity index (χ1v) is 12.1. The van der Waals surface area contributed by atoms with Crippen LogP contribution in [-0.2, 0) is 17.8 Å². The van der Waals surface area contributed by atoms with Gasteiger partial charge in [0.15, 0.2) is 0 Å². The third kappa shape index (κ3) is 10.9. The van der Waals surface area contributed by atoms with Crippen molar-refractivity contribution in [1.29, 1.82) is 0 Å². The van der Waals surface area contributed by atoms with Gasteiger partial charge in [0.05, 0.1) is 12.1 Å². The topological polar surface area (TPSA) is 66.3 Å². The highest BCUT2D eigenvalue weighted by molar-refractivity contribution is 5.76. The maximum Gasteiger partial charge on any atom is 0.285 e. The van der Waals surface area contributed by atoms with Gasteiger partial charge in [-0.25, -0.2) is 0 Å². The molecule has 2 rings (SSSR count). The summed E-state index contributed by atoms with van der Waals surface area (Å²) in [5.74, 6) is 0.766. The van der Waals surface area contributed by atoms with Gasteiger partial charge >= 0.3 is 0 Å². The monoisotopic (exact) mass is 450 g/mol. The summed E-state index contributed by atoms with van der Waals surface area (Å²) in [4.78, 5) is 25.7. The SMILES string of the molecule is CC/C=C\C/C=C\C/C=C\C/C=C\C/C=C\C/C=C\CCC(=O)N1CCc2o[nH]c(=O)c2C1. The molecule has 0 atom stereocenters. The first-order valence-electron chi connectivity index (χ1n) is 12.1. The molecule has 0 saturated carbocycles. The first kappa shape index (κ1) is 26.2. The Morgan fingerprint density at radius 2 is 1.36 bits per heavy atom. The van der Waals surface area contributed by atoms with E-state index in [4.69, 9.17) is 4.52 Å². The van der Waals surface area contributed by atoms with Crippen LogP contribution in [0.3, 0.4) is 0 Å². The van der Waals surface area contributed by atoms with Crippen molar-refractivity contribution in [2.45, 2.75) is 71.3 Å². The van der Waals surface area contributed by atoms with Gasteiger partial charge < -0.3 is 9.42 Å². The number of nitrogens with zero attached hydrogens (tertiary/aromatic N) is 1. The number of H-pyrrole nitrogens is 1. The third-order valence-corrected chi connectivity index (χ3v) is 5.31. The number of rotatable bonds is 14. The van der Waals surface area contributed by atoms with Gasteiger partial charge in [-0.1, -0.05) is 79.8 Å². The van der Waals surface area contributed by atoms with Crippen molar-refractivity contribution in [3.05, 3.63) is 94.6 Å².